The molecule has 0 radical (unpaired) electrons. The molecule has 1 unspecified atom stereocenters. The predicted molar refractivity (Wildman–Crippen MR) is 151 cm³/mol. The summed E-state index contributed by atoms with van der Waals surface area (Å²) in [5.74, 6) is 0. The molecule has 1 fully saturated rings. The molecule has 0 amide bonds. The molecular weight excluding hydrogens is 521 g/mol. The van der Waals surface area contributed by atoms with Gasteiger partial charge in [-0.3, -0.25) is 4.98 Å². The average Bonchev–Trinajstić information content (AvgIpc) is 3.53. The third-order valence-electron chi connectivity index (χ3n) is 6.61. The number of nitrogens with zero attached hydrogens (tertiary/aromatic N) is 5. The Bertz CT molecular complexity index is 1590. The van der Waals surface area contributed by atoms with E-state index in [1.165, 1.54) is 6.20 Å². The minimum absolute atomic E-state index is 0.0400. The predicted octanol–water partition coefficient (Wildman–Crippen LogP) is 6.15. The number of benzene rings is 2. The fourth-order valence-electron chi connectivity index (χ4n) is 4.25. The summed E-state index contributed by atoms with van der Waals surface area (Å²) in [6.45, 7) is 6.86. The van der Waals surface area contributed by atoms with Crippen LogP contribution in [0.15, 0.2) is 48.8 Å². The van der Waals surface area contributed by atoms with E-state index in [1.54, 1.807) is 41.2 Å². The Hall–Kier alpha value is -3.38. The summed E-state index contributed by atoms with van der Waals surface area (Å²) in [7, 11) is 0. The van der Waals surface area contributed by atoms with E-state index < -0.39 is 11.6 Å². The van der Waals surface area contributed by atoms with Gasteiger partial charge in [0.25, 0.3) is 0 Å². The molecular formula is C28H29Cl2N7O. The number of hydrogen-bond donors (Lipinski definition) is 3. The number of aliphatic hydroxyl groups is 1. The lowest BCUT2D eigenvalue weighted by atomic mass is 9.96. The number of nitriles is 1. The topological polar surface area (TPSA) is 112 Å². The summed E-state index contributed by atoms with van der Waals surface area (Å²) in [5.41, 5.74) is 2.32. The van der Waals surface area contributed by atoms with Crippen LogP contribution in [0.4, 0.5) is 11.4 Å². The molecule has 0 spiro atoms. The highest BCUT2D eigenvalue weighted by Crippen LogP contribution is 2.43. The van der Waals surface area contributed by atoms with E-state index in [-0.39, 0.29) is 12.0 Å². The van der Waals surface area contributed by atoms with E-state index in [1.807, 2.05) is 6.07 Å². The van der Waals surface area contributed by atoms with Gasteiger partial charge in [0.05, 0.1) is 47.5 Å². The lowest BCUT2D eigenvalue weighted by molar-refractivity contribution is 0.200. The third kappa shape index (κ3) is 5.14. The fraction of sp³-hybridized carbons (Fsp3) is 0.357. The van der Waals surface area contributed by atoms with Gasteiger partial charge in [-0.1, -0.05) is 67.4 Å². The molecule has 1 atom stereocenters. The Labute approximate surface area is 233 Å². The number of pyridine rings is 1. The van der Waals surface area contributed by atoms with Crippen molar-refractivity contribution in [1.82, 2.24) is 20.0 Å². The maximum Gasteiger partial charge on any atom is 0.110 e. The summed E-state index contributed by atoms with van der Waals surface area (Å²) in [5, 5.41) is 36.4. The van der Waals surface area contributed by atoms with E-state index in [0.29, 0.717) is 55.7 Å². The van der Waals surface area contributed by atoms with E-state index in [2.05, 4.69) is 52.8 Å². The van der Waals surface area contributed by atoms with Crippen LogP contribution in [0.3, 0.4) is 0 Å². The number of aliphatic hydroxyl groups excluding tert-OH is 1. The van der Waals surface area contributed by atoms with Crippen LogP contribution in [0, 0.1) is 16.7 Å². The van der Waals surface area contributed by atoms with Gasteiger partial charge in [-0.05, 0) is 42.0 Å². The van der Waals surface area contributed by atoms with Crippen LogP contribution in [0.25, 0.3) is 10.9 Å². The molecule has 5 rings (SSSR count). The molecule has 0 bridgehead atoms. The lowest BCUT2D eigenvalue weighted by Gasteiger charge is -2.22. The number of nitrogens with one attached hydrogen (secondary N) is 2. The van der Waals surface area contributed by atoms with Gasteiger partial charge in [0.1, 0.15) is 11.8 Å². The van der Waals surface area contributed by atoms with Crippen molar-refractivity contribution >= 4 is 45.5 Å². The highest BCUT2D eigenvalue weighted by atomic mass is 35.5. The third-order valence-corrected chi connectivity index (χ3v) is 7.23. The summed E-state index contributed by atoms with van der Waals surface area (Å²) < 4.78 is 11.3. The number of halogens is 2. The molecule has 1 saturated carbocycles. The molecule has 4 aromatic rings. The summed E-state index contributed by atoms with van der Waals surface area (Å²) in [6.07, 6.45) is 4.77. The van der Waals surface area contributed by atoms with Crippen LogP contribution in [0.2, 0.25) is 10.0 Å². The first-order valence-corrected chi connectivity index (χ1v) is 13.1. The molecule has 0 saturated heterocycles. The van der Waals surface area contributed by atoms with Gasteiger partial charge >= 0.3 is 0 Å². The molecule has 2 aromatic heterocycles. The van der Waals surface area contributed by atoms with Crippen LogP contribution in [-0.4, -0.2) is 38.2 Å². The standard InChI is InChI=1S/C28H29Cl2N7O/c1-27(2,3)15-33-24-17(12-31)13-32-25-20(24)10-18(11-22(25)30)34-26(19-6-4-5-7-21(19)29)23-14-37(36-35-23)28(16-38)8-9-28/h4-7,10-11,13-14,26,34,38H,8-9,15-16H2,1-3H3,(H,32,33)/i26D. The zero-order valence-corrected chi connectivity index (χ0v) is 22.9. The second kappa shape index (κ2) is 10.1. The first-order chi connectivity index (χ1) is 18.5. The maximum absolute atomic E-state index is 9.89. The SMILES string of the molecule is [2H]C(Nc1cc(Cl)c2ncc(C#N)c(NCC(C)(C)C)c2c1)(c1cn(C2(CO)CC2)nn1)c1ccccc1Cl. The van der Waals surface area contributed by atoms with E-state index in [0.717, 1.165) is 12.8 Å². The van der Waals surface area contributed by atoms with Crippen LogP contribution in [0.5, 0.6) is 0 Å². The molecule has 10 heteroatoms. The number of aromatic nitrogens is 4. The summed E-state index contributed by atoms with van der Waals surface area (Å²) >= 11 is 13.3. The average molecular weight is 552 g/mol. The summed E-state index contributed by atoms with van der Waals surface area (Å²) in [6, 6.07) is 11.1. The normalized spacial score (nSPS) is 16.4. The summed E-state index contributed by atoms with van der Waals surface area (Å²) in [4.78, 5) is 4.43. The highest BCUT2D eigenvalue weighted by Gasteiger charge is 2.45. The van der Waals surface area contributed by atoms with Crippen LogP contribution < -0.4 is 10.6 Å². The Morgan fingerprint density at radius 3 is 2.66 bits per heavy atom. The van der Waals surface area contributed by atoms with Crippen molar-refractivity contribution in [2.24, 2.45) is 5.41 Å². The quantitative estimate of drug-likeness (QED) is 0.241. The zero-order chi connectivity index (χ0) is 28.0. The second-order valence-electron chi connectivity index (χ2n) is 10.8. The molecule has 8 nitrogen and oxygen atoms in total. The van der Waals surface area contributed by atoms with E-state index in [9.17, 15) is 11.7 Å². The second-order valence-corrected chi connectivity index (χ2v) is 11.7. The van der Waals surface area contributed by atoms with Crippen molar-refractivity contribution in [2.75, 3.05) is 23.8 Å². The van der Waals surface area contributed by atoms with Gasteiger partial charge in [-0.25, -0.2) is 4.68 Å². The van der Waals surface area contributed by atoms with Gasteiger partial charge in [0.15, 0.2) is 0 Å². The Balaban J connectivity index is 1.64. The first kappa shape index (κ1) is 24.9. The van der Waals surface area contributed by atoms with E-state index >= 15 is 0 Å². The van der Waals surface area contributed by atoms with Crippen molar-refractivity contribution < 1.29 is 6.48 Å². The van der Waals surface area contributed by atoms with Crippen molar-refractivity contribution in [2.45, 2.75) is 45.2 Å². The maximum atomic E-state index is 9.89. The number of rotatable bonds is 8. The zero-order valence-electron chi connectivity index (χ0n) is 22.4. The fourth-order valence-corrected chi connectivity index (χ4v) is 4.75. The molecule has 1 aliphatic carbocycles. The van der Waals surface area contributed by atoms with Gasteiger partial charge in [0, 0.05) is 28.8 Å². The molecule has 196 valence electrons. The minimum Gasteiger partial charge on any atom is -0.394 e. The van der Waals surface area contributed by atoms with E-state index in [4.69, 9.17) is 23.2 Å². The minimum atomic E-state index is -1.65. The monoisotopic (exact) mass is 550 g/mol. The molecule has 2 heterocycles. The van der Waals surface area contributed by atoms with Gasteiger partial charge in [0.2, 0.25) is 0 Å². The first-order valence-electron chi connectivity index (χ1n) is 12.8. The number of hydrogen-bond acceptors (Lipinski definition) is 7. The van der Waals surface area contributed by atoms with Gasteiger partial charge < -0.3 is 15.7 Å². The van der Waals surface area contributed by atoms with Crippen LogP contribution >= 0.6 is 23.2 Å². The van der Waals surface area contributed by atoms with Crippen molar-refractivity contribution in [1.29, 1.82) is 5.26 Å². The van der Waals surface area contributed by atoms with Crippen molar-refractivity contribution in [3.05, 3.63) is 75.7 Å². The number of fused-ring (bicyclic) bond motifs is 1. The van der Waals surface area contributed by atoms with Crippen LogP contribution in [0.1, 0.15) is 57.8 Å². The van der Waals surface area contributed by atoms with Crippen molar-refractivity contribution in [3.63, 3.8) is 0 Å². The highest BCUT2D eigenvalue weighted by molar-refractivity contribution is 6.36. The smallest absolute Gasteiger partial charge is 0.110 e. The number of anilines is 2. The van der Waals surface area contributed by atoms with Crippen molar-refractivity contribution in [3.8, 4) is 6.07 Å². The molecule has 2 aromatic carbocycles. The Kier molecular flexibility index (Phi) is 6.60. The Morgan fingerprint density at radius 2 is 2.00 bits per heavy atom. The molecule has 1 aliphatic rings. The molecule has 0 aliphatic heterocycles. The van der Waals surface area contributed by atoms with Crippen LogP contribution in [-0.2, 0) is 5.54 Å². The van der Waals surface area contributed by atoms with Gasteiger partial charge in [-0.15, -0.1) is 5.10 Å². The molecule has 38 heavy (non-hydrogen) atoms. The molecule has 3 N–H and O–H groups in total. The van der Waals surface area contributed by atoms with Gasteiger partial charge in [-0.2, -0.15) is 5.26 Å². The Morgan fingerprint density at radius 1 is 1.24 bits per heavy atom. The lowest BCUT2D eigenvalue weighted by Crippen LogP contribution is -2.22. The largest absolute Gasteiger partial charge is 0.394 e.